The SMILES string of the molecule is CC(=O)c1c(C)[nH]c(C(=O)[C@H](C)Oc2ccc(C)cc2[N+](=O)[O-])c1C. The third-order valence-electron chi connectivity index (χ3n) is 4.02. The van der Waals surface area contributed by atoms with E-state index in [1.807, 2.05) is 0 Å². The Kier molecular flexibility index (Phi) is 5.06. The van der Waals surface area contributed by atoms with Crippen molar-refractivity contribution in [3.8, 4) is 5.75 Å². The summed E-state index contributed by atoms with van der Waals surface area (Å²) in [4.78, 5) is 37.9. The maximum Gasteiger partial charge on any atom is 0.311 e. The van der Waals surface area contributed by atoms with E-state index in [4.69, 9.17) is 4.74 Å². The number of nitro benzene ring substituents is 1. The molecule has 1 heterocycles. The number of hydrogen-bond donors (Lipinski definition) is 1. The van der Waals surface area contributed by atoms with Crippen molar-refractivity contribution < 1.29 is 19.2 Å². The number of aryl methyl sites for hydroxylation is 2. The molecule has 132 valence electrons. The molecule has 0 fully saturated rings. The van der Waals surface area contributed by atoms with Gasteiger partial charge >= 0.3 is 5.69 Å². The number of carbonyl (C=O) groups is 2. The van der Waals surface area contributed by atoms with E-state index in [2.05, 4.69) is 4.98 Å². The lowest BCUT2D eigenvalue weighted by Crippen LogP contribution is -2.25. The second-order valence-electron chi connectivity index (χ2n) is 6.03. The summed E-state index contributed by atoms with van der Waals surface area (Å²) < 4.78 is 5.55. The van der Waals surface area contributed by atoms with E-state index in [0.29, 0.717) is 16.8 Å². The third-order valence-corrected chi connectivity index (χ3v) is 4.02. The number of hydrogen-bond acceptors (Lipinski definition) is 5. The summed E-state index contributed by atoms with van der Waals surface area (Å²) in [6, 6.07) is 4.55. The van der Waals surface area contributed by atoms with Crippen molar-refractivity contribution in [1.82, 2.24) is 4.98 Å². The molecule has 7 heteroatoms. The van der Waals surface area contributed by atoms with Crippen LogP contribution in [0.15, 0.2) is 18.2 Å². The number of nitro groups is 1. The monoisotopic (exact) mass is 344 g/mol. The van der Waals surface area contributed by atoms with Gasteiger partial charge in [0.05, 0.1) is 10.6 Å². The fourth-order valence-electron chi connectivity index (χ4n) is 2.84. The van der Waals surface area contributed by atoms with Crippen LogP contribution in [0.2, 0.25) is 0 Å². The number of benzene rings is 1. The molecule has 0 unspecified atom stereocenters. The fraction of sp³-hybridized carbons (Fsp3) is 0.333. The van der Waals surface area contributed by atoms with Gasteiger partial charge in [0.2, 0.25) is 5.78 Å². The van der Waals surface area contributed by atoms with Gasteiger partial charge in [-0.05, 0) is 51.8 Å². The molecule has 0 amide bonds. The fourth-order valence-corrected chi connectivity index (χ4v) is 2.84. The van der Waals surface area contributed by atoms with E-state index >= 15 is 0 Å². The number of ketones is 2. The van der Waals surface area contributed by atoms with Crippen LogP contribution in [0.4, 0.5) is 5.69 Å². The van der Waals surface area contributed by atoms with E-state index in [1.165, 1.54) is 26.0 Å². The van der Waals surface area contributed by atoms with Crippen LogP contribution in [0.25, 0.3) is 0 Å². The lowest BCUT2D eigenvalue weighted by molar-refractivity contribution is -0.386. The van der Waals surface area contributed by atoms with Crippen molar-refractivity contribution in [1.29, 1.82) is 0 Å². The highest BCUT2D eigenvalue weighted by Crippen LogP contribution is 2.29. The second kappa shape index (κ2) is 6.88. The molecule has 1 aromatic carbocycles. The summed E-state index contributed by atoms with van der Waals surface area (Å²) >= 11 is 0. The number of rotatable bonds is 6. The summed E-state index contributed by atoms with van der Waals surface area (Å²) in [5.74, 6) is -0.472. The zero-order chi connectivity index (χ0) is 18.9. The smallest absolute Gasteiger partial charge is 0.311 e. The molecule has 2 rings (SSSR count). The van der Waals surface area contributed by atoms with Gasteiger partial charge in [-0.15, -0.1) is 0 Å². The Hall–Kier alpha value is -2.96. The minimum atomic E-state index is -0.946. The van der Waals surface area contributed by atoms with E-state index in [1.54, 1.807) is 26.8 Å². The van der Waals surface area contributed by atoms with Crippen LogP contribution in [0.1, 0.15) is 51.5 Å². The molecule has 0 aliphatic carbocycles. The molecule has 0 saturated heterocycles. The van der Waals surface area contributed by atoms with Crippen LogP contribution in [0.5, 0.6) is 5.75 Å². The van der Waals surface area contributed by atoms with Crippen LogP contribution in [0, 0.1) is 30.9 Å². The standard InChI is InChI=1S/C18H20N2O5/c1-9-6-7-15(14(8-9)20(23)24)25-13(5)18(22)17-10(2)16(12(4)21)11(3)19-17/h6-8,13,19H,1-5H3/t13-/m0/s1. The Balaban J connectivity index is 2.32. The highest BCUT2D eigenvalue weighted by atomic mass is 16.6. The van der Waals surface area contributed by atoms with Gasteiger partial charge in [0.15, 0.2) is 17.6 Å². The van der Waals surface area contributed by atoms with E-state index in [0.717, 1.165) is 5.56 Å². The lowest BCUT2D eigenvalue weighted by atomic mass is 10.0. The first-order chi connectivity index (χ1) is 11.6. The largest absolute Gasteiger partial charge is 0.475 e. The third kappa shape index (κ3) is 3.60. The Labute approximate surface area is 145 Å². The van der Waals surface area contributed by atoms with Crippen LogP contribution in [0.3, 0.4) is 0 Å². The Morgan fingerprint density at radius 3 is 2.40 bits per heavy atom. The van der Waals surface area contributed by atoms with Crippen molar-refractivity contribution in [2.75, 3.05) is 0 Å². The van der Waals surface area contributed by atoms with E-state index < -0.39 is 11.0 Å². The maximum atomic E-state index is 12.7. The van der Waals surface area contributed by atoms with Crippen LogP contribution < -0.4 is 4.74 Å². The van der Waals surface area contributed by atoms with Gasteiger partial charge in [0, 0.05) is 17.3 Å². The molecule has 0 aliphatic rings. The topological polar surface area (TPSA) is 102 Å². The van der Waals surface area contributed by atoms with Crippen molar-refractivity contribution >= 4 is 17.3 Å². The van der Waals surface area contributed by atoms with Gasteiger partial charge in [-0.2, -0.15) is 0 Å². The summed E-state index contributed by atoms with van der Waals surface area (Å²) in [7, 11) is 0. The predicted octanol–water partition coefficient (Wildman–Crippen LogP) is 3.70. The molecule has 0 spiro atoms. The summed E-state index contributed by atoms with van der Waals surface area (Å²) in [5.41, 5.74) is 2.47. The molecule has 0 saturated carbocycles. The Morgan fingerprint density at radius 1 is 1.24 bits per heavy atom. The Morgan fingerprint density at radius 2 is 1.88 bits per heavy atom. The van der Waals surface area contributed by atoms with E-state index in [9.17, 15) is 19.7 Å². The predicted molar refractivity (Wildman–Crippen MR) is 92.5 cm³/mol. The number of aromatic amines is 1. The minimum Gasteiger partial charge on any atom is -0.475 e. The second-order valence-corrected chi connectivity index (χ2v) is 6.03. The molecule has 1 aromatic heterocycles. The molecule has 7 nitrogen and oxygen atoms in total. The van der Waals surface area contributed by atoms with Gasteiger partial charge in [0.1, 0.15) is 0 Å². The van der Waals surface area contributed by atoms with Crippen molar-refractivity contribution in [3.05, 3.63) is 56.4 Å². The van der Waals surface area contributed by atoms with Gasteiger partial charge in [0.25, 0.3) is 0 Å². The first-order valence-electron chi connectivity index (χ1n) is 7.79. The van der Waals surface area contributed by atoms with Crippen molar-refractivity contribution in [2.45, 2.75) is 40.7 Å². The first-order valence-corrected chi connectivity index (χ1v) is 7.79. The molecule has 0 radical (unpaired) electrons. The summed E-state index contributed by atoms with van der Waals surface area (Å²) in [6.45, 7) is 8.10. The van der Waals surface area contributed by atoms with Crippen molar-refractivity contribution in [2.24, 2.45) is 0 Å². The molecular weight excluding hydrogens is 324 g/mol. The molecule has 25 heavy (non-hydrogen) atoms. The normalized spacial score (nSPS) is 11.9. The molecule has 0 bridgehead atoms. The van der Waals surface area contributed by atoms with Crippen LogP contribution >= 0.6 is 0 Å². The lowest BCUT2D eigenvalue weighted by Gasteiger charge is -2.14. The van der Waals surface area contributed by atoms with Gasteiger partial charge in [-0.1, -0.05) is 6.07 Å². The highest BCUT2D eigenvalue weighted by Gasteiger charge is 2.26. The molecule has 0 aliphatic heterocycles. The summed E-state index contributed by atoms with van der Waals surface area (Å²) in [6.07, 6.45) is -0.946. The number of nitrogens with one attached hydrogen (secondary N) is 1. The average molecular weight is 344 g/mol. The maximum absolute atomic E-state index is 12.7. The number of H-pyrrole nitrogens is 1. The minimum absolute atomic E-state index is 0.0316. The first kappa shape index (κ1) is 18.4. The molecule has 2 aromatic rings. The number of aromatic nitrogens is 1. The quantitative estimate of drug-likeness (QED) is 0.489. The number of carbonyl (C=O) groups excluding carboxylic acids is 2. The molecular formula is C18H20N2O5. The highest BCUT2D eigenvalue weighted by molar-refractivity contribution is 6.04. The molecule has 1 atom stereocenters. The molecule has 1 N–H and O–H groups in total. The zero-order valence-corrected chi connectivity index (χ0v) is 14.8. The zero-order valence-electron chi connectivity index (χ0n) is 14.8. The Bertz CT molecular complexity index is 867. The van der Waals surface area contributed by atoms with Crippen LogP contribution in [-0.2, 0) is 0 Å². The average Bonchev–Trinajstić information content (AvgIpc) is 2.82. The van der Waals surface area contributed by atoms with Gasteiger partial charge < -0.3 is 9.72 Å². The number of nitrogens with zero attached hydrogens (tertiary/aromatic N) is 1. The van der Waals surface area contributed by atoms with Crippen LogP contribution in [-0.4, -0.2) is 27.6 Å². The van der Waals surface area contributed by atoms with Gasteiger partial charge in [-0.3, -0.25) is 19.7 Å². The van der Waals surface area contributed by atoms with E-state index in [-0.39, 0.29) is 28.7 Å². The van der Waals surface area contributed by atoms with Gasteiger partial charge in [-0.25, -0.2) is 0 Å². The van der Waals surface area contributed by atoms with Crippen molar-refractivity contribution in [3.63, 3.8) is 0 Å². The summed E-state index contributed by atoms with van der Waals surface area (Å²) in [5, 5.41) is 11.2. The number of ether oxygens (including phenoxy) is 1. The number of Topliss-reactive ketones (excluding diaryl/α,β-unsaturated/α-hetero) is 2.